The van der Waals surface area contributed by atoms with E-state index in [1.807, 2.05) is 38.1 Å². The van der Waals surface area contributed by atoms with Crippen molar-refractivity contribution in [2.45, 2.75) is 20.5 Å². The van der Waals surface area contributed by atoms with Crippen molar-refractivity contribution in [1.82, 2.24) is 4.90 Å². The highest BCUT2D eigenvalue weighted by Gasteiger charge is 2.36. The van der Waals surface area contributed by atoms with Crippen molar-refractivity contribution < 1.29 is 23.9 Å². The van der Waals surface area contributed by atoms with Crippen LogP contribution < -0.4 is 14.8 Å². The summed E-state index contributed by atoms with van der Waals surface area (Å²) in [4.78, 5) is 38.8. The summed E-state index contributed by atoms with van der Waals surface area (Å²) in [6, 6.07) is 22.3. The number of nitrogens with zero attached hydrogens (tertiary/aromatic N) is 1. The van der Waals surface area contributed by atoms with E-state index < -0.39 is 17.1 Å². The van der Waals surface area contributed by atoms with Gasteiger partial charge in [-0.2, -0.15) is 0 Å². The van der Waals surface area contributed by atoms with E-state index in [9.17, 15) is 14.4 Å². The first-order valence-corrected chi connectivity index (χ1v) is 12.3. The first-order valence-electron chi connectivity index (χ1n) is 11.5. The minimum atomic E-state index is -0.508. The van der Waals surface area contributed by atoms with Crippen LogP contribution in [-0.4, -0.2) is 35.1 Å². The maximum atomic E-state index is 12.9. The molecule has 1 aliphatic rings. The highest BCUT2D eigenvalue weighted by Crippen LogP contribution is 2.35. The number of amides is 3. The van der Waals surface area contributed by atoms with Crippen molar-refractivity contribution >= 4 is 40.6 Å². The molecule has 0 bridgehead atoms. The molecule has 1 aliphatic heterocycles. The molecule has 3 aromatic carbocycles. The Bertz CT molecular complexity index is 1310. The second-order valence-electron chi connectivity index (χ2n) is 8.10. The Morgan fingerprint density at radius 2 is 1.78 bits per heavy atom. The fourth-order valence-corrected chi connectivity index (χ4v) is 4.46. The molecule has 184 valence electrons. The zero-order valence-electron chi connectivity index (χ0n) is 20.0. The Balaban J connectivity index is 1.45. The van der Waals surface area contributed by atoms with Gasteiger partial charge in [0.25, 0.3) is 11.1 Å². The number of hydrogen-bond donors (Lipinski definition) is 1. The first-order chi connectivity index (χ1) is 17.4. The zero-order chi connectivity index (χ0) is 25.5. The summed E-state index contributed by atoms with van der Waals surface area (Å²) in [5.74, 6) is 0.172. The molecular weight excluding hydrogens is 476 g/mol. The van der Waals surface area contributed by atoms with E-state index in [2.05, 4.69) is 11.4 Å². The number of imide groups is 1. The highest BCUT2D eigenvalue weighted by atomic mass is 32.2. The van der Waals surface area contributed by atoms with Crippen LogP contribution in [0.2, 0.25) is 0 Å². The lowest BCUT2D eigenvalue weighted by molar-refractivity contribution is -0.127. The zero-order valence-corrected chi connectivity index (χ0v) is 20.8. The van der Waals surface area contributed by atoms with Gasteiger partial charge < -0.3 is 14.8 Å². The number of carbonyl (C=O) groups excluding carboxylic acids is 3. The van der Waals surface area contributed by atoms with Crippen molar-refractivity contribution in [2.75, 3.05) is 18.5 Å². The number of hydrogen-bond acceptors (Lipinski definition) is 6. The summed E-state index contributed by atoms with van der Waals surface area (Å²) in [6.07, 6.45) is 1.62. The van der Waals surface area contributed by atoms with Gasteiger partial charge in [0.05, 0.1) is 11.5 Å². The number of rotatable bonds is 9. The Kier molecular flexibility index (Phi) is 8.07. The van der Waals surface area contributed by atoms with Gasteiger partial charge in [-0.15, -0.1) is 0 Å². The van der Waals surface area contributed by atoms with Crippen molar-refractivity contribution in [3.05, 3.63) is 94.4 Å². The molecule has 0 saturated carbocycles. The summed E-state index contributed by atoms with van der Waals surface area (Å²) in [5, 5.41) is 2.20. The molecular formula is C28H26N2O5S. The minimum Gasteiger partial charge on any atom is -0.490 e. The quantitative estimate of drug-likeness (QED) is 0.381. The minimum absolute atomic E-state index is 0.239. The average molecular weight is 503 g/mol. The number of ether oxygens (including phenoxy) is 2. The summed E-state index contributed by atoms with van der Waals surface area (Å²) >= 11 is 0.804. The van der Waals surface area contributed by atoms with E-state index in [1.165, 1.54) is 0 Å². The number of benzene rings is 3. The largest absolute Gasteiger partial charge is 0.490 e. The molecule has 3 aromatic rings. The number of aryl methyl sites for hydroxylation is 1. The molecule has 0 unspecified atom stereocenters. The van der Waals surface area contributed by atoms with Crippen LogP contribution >= 0.6 is 11.8 Å². The van der Waals surface area contributed by atoms with E-state index in [0.29, 0.717) is 36.0 Å². The molecule has 3 amide bonds. The second kappa shape index (κ2) is 11.6. The average Bonchev–Trinajstić information content (AvgIpc) is 3.11. The third kappa shape index (κ3) is 6.34. The maximum Gasteiger partial charge on any atom is 0.294 e. The smallest absolute Gasteiger partial charge is 0.294 e. The SMILES string of the molecule is CCOc1cc(/C=C2\SC(=O)N(CC(=O)Nc3ccccc3)C2=O)ccc1OCc1cccc(C)c1. The molecule has 4 rings (SSSR count). The van der Waals surface area contributed by atoms with Gasteiger partial charge in [0.15, 0.2) is 11.5 Å². The van der Waals surface area contributed by atoms with Crippen molar-refractivity contribution in [3.63, 3.8) is 0 Å². The van der Waals surface area contributed by atoms with Gasteiger partial charge in [0.1, 0.15) is 13.2 Å². The number of anilines is 1. The molecule has 0 aliphatic carbocycles. The van der Waals surface area contributed by atoms with Gasteiger partial charge in [-0.3, -0.25) is 19.3 Å². The van der Waals surface area contributed by atoms with Gasteiger partial charge in [0.2, 0.25) is 5.91 Å². The fraction of sp³-hybridized carbons (Fsp3) is 0.179. The van der Waals surface area contributed by atoms with Crippen molar-refractivity contribution in [2.24, 2.45) is 0 Å². The molecule has 1 heterocycles. The Morgan fingerprint density at radius 1 is 0.972 bits per heavy atom. The fourth-order valence-electron chi connectivity index (χ4n) is 3.62. The van der Waals surface area contributed by atoms with E-state index in [4.69, 9.17) is 9.47 Å². The van der Waals surface area contributed by atoms with Crippen molar-refractivity contribution in [3.8, 4) is 11.5 Å². The second-order valence-corrected chi connectivity index (χ2v) is 9.09. The van der Waals surface area contributed by atoms with Crippen LogP contribution in [0.25, 0.3) is 6.08 Å². The summed E-state index contributed by atoms with van der Waals surface area (Å²) in [5.41, 5.74) is 3.48. The van der Waals surface area contributed by atoms with Gasteiger partial charge in [-0.25, -0.2) is 0 Å². The standard InChI is InChI=1S/C28H26N2O5S/c1-3-34-24-15-20(12-13-23(24)35-18-21-9-7-8-19(2)14-21)16-25-27(32)30(28(33)36-25)17-26(31)29-22-10-5-4-6-11-22/h4-16H,3,17-18H2,1-2H3,(H,29,31)/b25-16-. The number of nitrogens with one attached hydrogen (secondary N) is 1. The maximum absolute atomic E-state index is 12.9. The number of carbonyl (C=O) groups is 3. The van der Waals surface area contributed by atoms with E-state index in [0.717, 1.165) is 27.8 Å². The molecule has 0 atom stereocenters. The van der Waals surface area contributed by atoms with Crippen LogP contribution in [0.1, 0.15) is 23.6 Å². The molecule has 0 radical (unpaired) electrons. The van der Waals surface area contributed by atoms with Gasteiger partial charge in [0, 0.05) is 5.69 Å². The molecule has 0 aromatic heterocycles. The number of thioether (sulfide) groups is 1. The molecule has 36 heavy (non-hydrogen) atoms. The molecule has 7 nitrogen and oxygen atoms in total. The van der Waals surface area contributed by atoms with Gasteiger partial charge >= 0.3 is 0 Å². The van der Waals surface area contributed by atoms with Crippen LogP contribution in [0.4, 0.5) is 10.5 Å². The third-order valence-corrected chi connectivity index (χ3v) is 6.18. The lowest BCUT2D eigenvalue weighted by Gasteiger charge is -2.13. The predicted octanol–water partition coefficient (Wildman–Crippen LogP) is 5.65. The third-order valence-electron chi connectivity index (χ3n) is 5.28. The molecule has 1 N–H and O–H groups in total. The molecule has 1 saturated heterocycles. The number of para-hydroxylation sites is 1. The van der Waals surface area contributed by atoms with E-state index in [1.54, 1.807) is 48.5 Å². The lowest BCUT2D eigenvalue weighted by atomic mass is 10.1. The van der Waals surface area contributed by atoms with Crippen LogP contribution in [0.3, 0.4) is 0 Å². The van der Waals surface area contributed by atoms with Crippen LogP contribution in [0, 0.1) is 6.92 Å². The summed E-state index contributed by atoms with van der Waals surface area (Å²) in [7, 11) is 0. The monoisotopic (exact) mass is 502 g/mol. The molecule has 1 fully saturated rings. The molecule has 8 heteroatoms. The predicted molar refractivity (Wildman–Crippen MR) is 141 cm³/mol. The Hall–Kier alpha value is -4.04. The Labute approximate surface area is 214 Å². The van der Waals surface area contributed by atoms with Crippen molar-refractivity contribution in [1.29, 1.82) is 0 Å². The van der Waals surface area contributed by atoms with Crippen LogP contribution in [0.15, 0.2) is 77.7 Å². The topological polar surface area (TPSA) is 84.9 Å². The highest BCUT2D eigenvalue weighted by molar-refractivity contribution is 8.18. The molecule has 0 spiro atoms. The van der Waals surface area contributed by atoms with E-state index in [-0.39, 0.29) is 11.4 Å². The first kappa shape index (κ1) is 25.1. The van der Waals surface area contributed by atoms with E-state index >= 15 is 0 Å². The van der Waals surface area contributed by atoms with Crippen LogP contribution in [-0.2, 0) is 16.2 Å². The van der Waals surface area contributed by atoms with Gasteiger partial charge in [-0.05, 0) is 67.1 Å². The summed E-state index contributed by atoms with van der Waals surface area (Å²) < 4.78 is 11.7. The van der Waals surface area contributed by atoms with Gasteiger partial charge in [-0.1, -0.05) is 54.1 Å². The summed E-state index contributed by atoms with van der Waals surface area (Å²) in [6.45, 7) is 4.39. The lowest BCUT2D eigenvalue weighted by Crippen LogP contribution is -2.36. The Morgan fingerprint density at radius 3 is 2.53 bits per heavy atom. The normalized spacial score (nSPS) is 14.3. The van der Waals surface area contributed by atoms with Crippen LogP contribution in [0.5, 0.6) is 11.5 Å².